The fraction of sp³-hybridized carbons (Fsp3) is 0.176. The van der Waals surface area contributed by atoms with Gasteiger partial charge in [-0.15, -0.1) is 0 Å². The molecule has 1 N–H and O–H groups in total. The molecule has 0 aliphatic carbocycles. The van der Waals surface area contributed by atoms with E-state index in [0.29, 0.717) is 0 Å². The van der Waals surface area contributed by atoms with Gasteiger partial charge in [0.2, 0.25) is 5.91 Å². The van der Waals surface area contributed by atoms with Crippen molar-refractivity contribution in [2.75, 3.05) is 12.4 Å². The van der Waals surface area contributed by atoms with Gasteiger partial charge < -0.3 is 10.1 Å². The number of carbonyl (C=O) groups excluding carboxylic acids is 1. The summed E-state index contributed by atoms with van der Waals surface area (Å²) in [6.45, 7) is 2.01. The average molecular weight is 280 g/mol. The zero-order chi connectivity index (χ0) is 14.8. The maximum Gasteiger partial charge on any atom is 0.237 e. The average Bonchev–Trinajstić information content (AvgIpc) is 2.82. The number of nitrogens with one attached hydrogen (secondary N) is 1. The van der Waals surface area contributed by atoms with E-state index in [-0.39, 0.29) is 11.8 Å². The highest BCUT2D eigenvalue weighted by atomic mass is 16.5. The fourth-order valence-corrected chi connectivity index (χ4v) is 2.52. The van der Waals surface area contributed by atoms with Crippen molar-refractivity contribution < 1.29 is 9.53 Å². The van der Waals surface area contributed by atoms with Gasteiger partial charge in [0.1, 0.15) is 11.7 Å². The minimum atomic E-state index is -0.330. The Balaban J connectivity index is 1.88. The molecule has 1 amide bonds. The standard InChI is InChI=1S/C17H16N2O2/c1-11-4-3-5-15-16(11)14(17(20)19-15)10-18-12-6-8-13(21-2)9-7-12/h3-10,14H,1-2H3,(H,19,20). The third kappa shape index (κ3) is 2.52. The van der Waals surface area contributed by atoms with Crippen LogP contribution >= 0.6 is 0 Å². The van der Waals surface area contributed by atoms with Gasteiger partial charge >= 0.3 is 0 Å². The van der Waals surface area contributed by atoms with Crippen LogP contribution in [-0.2, 0) is 4.79 Å². The van der Waals surface area contributed by atoms with E-state index in [1.807, 2.05) is 49.4 Å². The highest BCUT2D eigenvalue weighted by molar-refractivity contribution is 6.13. The summed E-state index contributed by atoms with van der Waals surface area (Å²) >= 11 is 0. The molecule has 106 valence electrons. The van der Waals surface area contributed by atoms with E-state index < -0.39 is 0 Å². The molecule has 0 saturated heterocycles. The number of benzene rings is 2. The zero-order valence-corrected chi connectivity index (χ0v) is 12.0. The summed E-state index contributed by atoms with van der Waals surface area (Å²) in [7, 11) is 1.63. The number of ether oxygens (including phenoxy) is 1. The SMILES string of the molecule is COc1ccc(N=CC2C(=O)Nc3cccc(C)c32)cc1. The summed E-state index contributed by atoms with van der Waals surface area (Å²) in [5, 5.41) is 2.89. The van der Waals surface area contributed by atoms with Crippen molar-refractivity contribution in [3.8, 4) is 5.75 Å². The Hall–Kier alpha value is -2.62. The normalized spacial score (nSPS) is 16.9. The lowest BCUT2D eigenvalue weighted by Crippen LogP contribution is -2.13. The molecule has 1 atom stereocenters. The number of hydrogen-bond donors (Lipinski definition) is 1. The number of carbonyl (C=O) groups is 1. The number of methoxy groups -OCH3 is 1. The van der Waals surface area contributed by atoms with E-state index >= 15 is 0 Å². The molecule has 0 spiro atoms. The summed E-state index contributed by atoms with van der Waals surface area (Å²) in [5.41, 5.74) is 3.79. The van der Waals surface area contributed by atoms with Crippen LogP contribution in [0.3, 0.4) is 0 Å². The first-order chi connectivity index (χ1) is 10.2. The quantitative estimate of drug-likeness (QED) is 0.875. The van der Waals surface area contributed by atoms with E-state index in [4.69, 9.17) is 4.74 Å². The van der Waals surface area contributed by atoms with Crippen molar-refractivity contribution in [1.29, 1.82) is 0 Å². The second-order valence-corrected chi connectivity index (χ2v) is 4.98. The first-order valence-corrected chi connectivity index (χ1v) is 6.77. The Labute approximate surface area is 123 Å². The lowest BCUT2D eigenvalue weighted by Gasteiger charge is -2.06. The number of hydrogen-bond acceptors (Lipinski definition) is 3. The molecule has 4 heteroatoms. The van der Waals surface area contributed by atoms with Crippen LogP contribution in [0, 0.1) is 6.92 Å². The van der Waals surface area contributed by atoms with E-state index in [0.717, 1.165) is 28.3 Å². The van der Waals surface area contributed by atoms with E-state index in [1.54, 1.807) is 13.3 Å². The van der Waals surface area contributed by atoms with Crippen molar-refractivity contribution in [1.82, 2.24) is 0 Å². The highest BCUT2D eigenvalue weighted by Gasteiger charge is 2.30. The summed E-state index contributed by atoms with van der Waals surface area (Å²) in [6, 6.07) is 13.3. The molecule has 4 nitrogen and oxygen atoms in total. The Morgan fingerprint density at radius 2 is 1.95 bits per heavy atom. The molecule has 3 rings (SSSR count). The Bertz CT molecular complexity index is 705. The Morgan fingerprint density at radius 1 is 1.19 bits per heavy atom. The number of aliphatic imine (C=N–C) groups is 1. The van der Waals surface area contributed by atoms with Crippen LogP contribution in [0.1, 0.15) is 17.0 Å². The first kappa shape index (κ1) is 13.4. The van der Waals surface area contributed by atoms with Gasteiger partial charge in [0.05, 0.1) is 12.8 Å². The first-order valence-electron chi connectivity index (χ1n) is 6.77. The topological polar surface area (TPSA) is 50.7 Å². The third-order valence-corrected chi connectivity index (χ3v) is 3.62. The van der Waals surface area contributed by atoms with Crippen LogP contribution in [0.2, 0.25) is 0 Å². The maximum absolute atomic E-state index is 12.1. The highest BCUT2D eigenvalue weighted by Crippen LogP contribution is 2.34. The maximum atomic E-state index is 12.1. The molecule has 0 saturated carbocycles. The molecule has 1 aliphatic rings. The van der Waals surface area contributed by atoms with Crippen molar-refractivity contribution in [3.63, 3.8) is 0 Å². The largest absolute Gasteiger partial charge is 0.497 e. The number of anilines is 1. The zero-order valence-electron chi connectivity index (χ0n) is 12.0. The molecule has 0 aromatic heterocycles. The van der Waals surface area contributed by atoms with Crippen molar-refractivity contribution in [3.05, 3.63) is 53.6 Å². The minimum Gasteiger partial charge on any atom is -0.497 e. The number of nitrogens with zero attached hydrogens (tertiary/aromatic N) is 1. The molecule has 0 bridgehead atoms. The van der Waals surface area contributed by atoms with Crippen LogP contribution in [-0.4, -0.2) is 19.2 Å². The van der Waals surface area contributed by atoms with Crippen LogP contribution in [0.4, 0.5) is 11.4 Å². The number of rotatable bonds is 3. The van der Waals surface area contributed by atoms with Crippen molar-refractivity contribution in [2.45, 2.75) is 12.8 Å². The Kier molecular flexibility index (Phi) is 3.44. The molecule has 0 fully saturated rings. The summed E-state index contributed by atoms with van der Waals surface area (Å²) in [6.07, 6.45) is 1.70. The van der Waals surface area contributed by atoms with Crippen LogP contribution in [0.15, 0.2) is 47.5 Å². The Morgan fingerprint density at radius 3 is 2.67 bits per heavy atom. The predicted molar refractivity (Wildman–Crippen MR) is 83.7 cm³/mol. The van der Waals surface area contributed by atoms with Crippen LogP contribution in [0.25, 0.3) is 0 Å². The molecule has 0 radical (unpaired) electrons. The van der Waals surface area contributed by atoms with E-state index in [9.17, 15) is 4.79 Å². The molecule has 1 unspecified atom stereocenters. The van der Waals surface area contributed by atoms with Crippen LogP contribution in [0.5, 0.6) is 5.75 Å². The molecule has 21 heavy (non-hydrogen) atoms. The van der Waals surface area contributed by atoms with Crippen molar-refractivity contribution >= 4 is 23.5 Å². The molecule has 2 aromatic rings. The molecule has 2 aromatic carbocycles. The monoisotopic (exact) mass is 280 g/mol. The van der Waals surface area contributed by atoms with E-state index in [1.165, 1.54) is 0 Å². The van der Waals surface area contributed by atoms with Gasteiger partial charge in [0.25, 0.3) is 0 Å². The fourth-order valence-electron chi connectivity index (χ4n) is 2.52. The predicted octanol–water partition coefficient (Wildman–Crippen LogP) is 3.44. The molecule has 1 heterocycles. The van der Waals surface area contributed by atoms with Gasteiger partial charge in [-0.1, -0.05) is 12.1 Å². The molecule has 1 aliphatic heterocycles. The summed E-state index contributed by atoms with van der Waals surface area (Å²) < 4.78 is 5.11. The lowest BCUT2D eigenvalue weighted by molar-refractivity contribution is -0.115. The van der Waals surface area contributed by atoms with Crippen molar-refractivity contribution in [2.24, 2.45) is 4.99 Å². The second kappa shape index (κ2) is 5.40. The van der Waals surface area contributed by atoms with E-state index in [2.05, 4.69) is 10.3 Å². The van der Waals surface area contributed by atoms with Gasteiger partial charge in [-0.05, 0) is 48.4 Å². The van der Waals surface area contributed by atoms with Gasteiger partial charge in [-0.2, -0.15) is 0 Å². The van der Waals surface area contributed by atoms with Gasteiger partial charge in [0, 0.05) is 11.9 Å². The summed E-state index contributed by atoms with van der Waals surface area (Å²) in [5.74, 6) is 0.425. The lowest BCUT2D eigenvalue weighted by atomic mass is 9.97. The summed E-state index contributed by atoms with van der Waals surface area (Å²) in [4.78, 5) is 16.5. The van der Waals surface area contributed by atoms with Gasteiger partial charge in [0.15, 0.2) is 0 Å². The molecular formula is C17H16N2O2. The third-order valence-electron chi connectivity index (χ3n) is 3.62. The number of aryl methyl sites for hydroxylation is 1. The van der Waals surface area contributed by atoms with Gasteiger partial charge in [-0.25, -0.2) is 0 Å². The second-order valence-electron chi connectivity index (χ2n) is 4.98. The molecular weight excluding hydrogens is 264 g/mol. The van der Waals surface area contributed by atoms with Gasteiger partial charge in [-0.3, -0.25) is 9.79 Å². The minimum absolute atomic E-state index is 0.0310. The number of amides is 1. The number of fused-ring (bicyclic) bond motifs is 1. The smallest absolute Gasteiger partial charge is 0.237 e. The van der Waals surface area contributed by atoms with Crippen LogP contribution < -0.4 is 10.1 Å².